The predicted molar refractivity (Wildman–Crippen MR) is 109 cm³/mol. The van der Waals surface area contributed by atoms with Gasteiger partial charge in [0.15, 0.2) is 0 Å². The Morgan fingerprint density at radius 3 is 2.64 bits per heavy atom. The molecule has 1 aliphatic heterocycles. The zero-order valence-corrected chi connectivity index (χ0v) is 16.3. The Kier molecular flexibility index (Phi) is 8.80. The minimum Gasteiger partial charge on any atom is -0.506 e. The summed E-state index contributed by atoms with van der Waals surface area (Å²) in [6, 6.07) is 11.9. The summed E-state index contributed by atoms with van der Waals surface area (Å²) >= 11 is 1.85. The molecule has 2 heterocycles. The fourth-order valence-electron chi connectivity index (χ4n) is 2.91. The second-order valence-electron chi connectivity index (χ2n) is 6.42. The maximum absolute atomic E-state index is 9.77. The Hall–Kier alpha value is -1.56. The highest BCUT2D eigenvalue weighted by Crippen LogP contribution is 2.26. The number of benzene rings is 1. The summed E-state index contributed by atoms with van der Waals surface area (Å²) < 4.78 is 0. The van der Waals surface area contributed by atoms with Crippen molar-refractivity contribution in [1.82, 2.24) is 10.2 Å². The molecule has 0 aliphatic carbocycles. The summed E-state index contributed by atoms with van der Waals surface area (Å²) in [7, 11) is 4.14. The first-order valence-electron chi connectivity index (χ1n) is 9.09. The maximum atomic E-state index is 9.77. The molecule has 0 radical (unpaired) electrons. The van der Waals surface area contributed by atoms with Crippen LogP contribution in [-0.4, -0.2) is 56.8 Å². The molecular weight excluding hydrogens is 330 g/mol. The highest BCUT2D eigenvalue weighted by molar-refractivity contribution is 7.09. The fraction of sp³-hybridized carbons (Fsp3) is 0.500. The molecular formula is C20H31N3OS. The number of likely N-dealkylation sites (N-methyl/N-ethyl adjacent to an activating group) is 1. The monoisotopic (exact) mass is 361 g/mol. The van der Waals surface area contributed by atoms with Gasteiger partial charge in [-0.25, -0.2) is 0 Å². The van der Waals surface area contributed by atoms with Gasteiger partial charge in [-0.2, -0.15) is 0 Å². The van der Waals surface area contributed by atoms with Crippen LogP contribution in [0.15, 0.2) is 41.8 Å². The first kappa shape index (κ1) is 19.8. The number of hydrogen-bond donors (Lipinski definition) is 2. The molecule has 1 aliphatic rings. The van der Waals surface area contributed by atoms with Crippen LogP contribution in [0.2, 0.25) is 0 Å². The lowest BCUT2D eigenvalue weighted by molar-refractivity contribution is 0.360. The summed E-state index contributed by atoms with van der Waals surface area (Å²) in [5.74, 6) is 0.391. The number of anilines is 1. The highest BCUT2D eigenvalue weighted by atomic mass is 32.1. The topological polar surface area (TPSA) is 38.7 Å². The van der Waals surface area contributed by atoms with Crippen molar-refractivity contribution in [2.24, 2.45) is 0 Å². The third kappa shape index (κ3) is 7.06. The molecule has 1 fully saturated rings. The quantitative estimate of drug-likeness (QED) is 0.800. The number of nitrogens with zero attached hydrogens (tertiary/aromatic N) is 2. The van der Waals surface area contributed by atoms with Crippen molar-refractivity contribution in [3.8, 4) is 5.75 Å². The summed E-state index contributed by atoms with van der Waals surface area (Å²) in [6.45, 7) is 5.35. The molecule has 0 bridgehead atoms. The van der Waals surface area contributed by atoms with Gasteiger partial charge < -0.3 is 20.2 Å². The molecule has 0 amide bonds. The van der Waals surface area contributed by atoms with Crippen LogP contribution in [-0.2, 0) is 6.42 Å². The van der Waals surface area contributed by atoms with Crippen molar-refractivity contribution in [3.63, 3.8) is 0 Å². The first-order valence-corrected chi connectivity index (χ1v) is 9.97. The molecule has 0 saturated carbocycles. The normalized spacial score (nSPS) is 15.4. The second kappa shape index (κ2) is 11.1. The van der Waals surface area contributed by atoms with Crippen LogP contribution >= 0.6 is 11.3 Å². The lowest BCUT2D eigenvalue weighted by atomic mass is 10.2. The summed E-state index contributed by atoms with van der Waals surface area (Å²) in [5.41, 5.74) is 0.966. The van der Waals surface area contributed by atoms with Gasteiger partial charge in [0.25, 0.3) is 0 Å². The molecule has 0 spiro atoms. The highest BCUT2D eigenvalue weighted by Gasteiger charge is 2.14. The fourth-order valence-corrected chi connectivity index (χ4v) is 3.66. The Morgan fingerprint density at radius 2 is 1.92 bits per heavy atom. The lowest BCUT2D eigenvalue weighted by Gasteiger charge is -2.23. The van der Waals surface area contributed by atoms with Gasteiger partial charge in [-0.1, -0.05) is 18.2 Å². The van der Waals surface area contributed by atoms with E-state index >= 15 is 0 Å². The SMILES string of the molecule is CN1CCCN(c2ccccc2O)CC1.CNCCCc1cccs1. The summed E-state index contributed by atoms with van der Waals surface area (Å²) in [5, 5.41) is 15.0. The van der Waals surface area contributed by atoms with Crippen LogP contribution < -0.4 is 10.2 Å². The van der Waals surface area contributed by atoms with E-state index in [1.165, 1.54) is 17.7 Å². The largest absolute Gasteiger partial charge is 0.506 e. The number of rotatable bonds is 5. The predicted octanol–water partition coefficient (Wildman–Crippen LogP) is 3.43. The number of phenolic OH excluding ortho intramolecular Hbond substituents is 1. The van der Waals surface area contributed by atoms with Crippen molar-refractivity contribution in [2.75, 3.05) is 51.7 Å². The Bertz CT molecular complexity index is 588. The molecule has 1 aromatic carbocycles. The summed E-state index contributed by atoms with van der Waals surface area (Å²) in [4.78, 5) is 6.09. The summed E-state index contributed by atoms with van der Waals surface area (Å²) in [6.07, 6.45) is 3.63. The van der Waals surface area contributed by atoms with Gasteiger partial charge in [0.1, 0.15) is 5.75 Å². The van der Waals surface area contributed by atoms with Gasteiger partial charge in [-0.15, -0.1) is 11.3 Å². The lowest BCUT2D eigenvalue weighted by Crippen LogP contribution is -2.28. The molecule has 5 heteroatoms. The van der Waals surface area contributed by atoms with E-state index in [0.29, 0.717) is 5.75 Å². The van der Waals surface area contributed by atoms with Crippen LogP contribution in [0, 0.1) is 0 Å². The van der Waals surface area contributed by atoms with Crippen molar-refractivity contribution in [2.45, 2.75) is 19.3 Å². The van der Waals surface area contributed by atoms with Gasteiger partial charge in [0.05, 0.1) is 5.69 Å². The molecule has 2 aromatic rings. The van der Waals surface area contributed by atoms with E-state index in [1.807, 2.05) is 36.6 Å². The molecule has 138 valence electrons. The number of aryl methyl sites for hydroxylation is 1. The molecule has 25 heavy (non-hydrogen) atoms. The number of aromatic hydroxyl groups is 1. The van der Waals surface area contributed by atoms with Crippen LogP contribution in [0.1, 0.15) is 17.7 Å². The average molecular weight is 362 g/mol. The Labute approximate surface area is 156 Å². The molecule has 0 unspecified atom stereocenters. The van der Waals surface area contributed by atoms with Gasteiger partial charge in [-0.3, -0.25) is 0 Å². The third-order valence-corrected chi connectivity index (χ3v) is 5.31. The van der Waals surface area contributed by atoms with Gasteiger partial charge in [0, 0.05) is 24.5 Å². The smallest absolute Gasteiger partial charge is 0.138 e. The molecule has 0 atom stereocenters. The Balaban J connectivity index is 0.000000196. The number of para-hydroxylation sites is 2. The van der Waals surface area contributed by atoms with E-state index in [-0.39, 0.29) is 0 Å². The standard InChI is InChI=1S/C12H18N2O.C8H13NS/c1-13-7-4-8-14(10-9-13)11-5-2-3-6-12(11)15;1-9-6-2-4-8-5-3-7-10-8/h2-3,5-6,15H,4,7-10H2,1H3;3,5,7,9H,2,4,6H2,1H3. The molecule has 2 N–H and O–H groups in total. The average Bonchev–Trinajstić information content (AvgIpc) is 3.04. The number of phenols is 1. The van der Waals surface area contributed by atoms with Crippen molar-refractivity contribution in [1.29, 1.82) is 0 Å². The Morgan fingerprint density at radius 1 is 1.08 bits per heavy atom. The zero-order valence-electron chi connectivity index (χ0n) is 15.4. The van der Waals surface area contributed by atoms with Crippen molar-refractivity contribution < 1.29 is 5.11 Å². The van der Waals surface area contributed by atoms with Gasteiger partial charge in [-0.05, 0) is 70.0 Å². The van der Waals surface area contributed by atoms with E-state index in [4.69, 9.17) is 0 Å². The first-order chi connectivity index (χ1) is 12.2. The molecule has 1 aromatic heterocycles. The van der Waals surface area contributed by atoms with Crippen molar-refractivity contribution >= 4 is 17.0 Å². The van der Waals surface area contributed by atoms with Gasteiger partial charge in [0.2, 0.25) is 0 Å². The van der Waals surface area contributed by atoms with Crippen LogP contribution in [0.3, 0.4) is 0 Å². The number of thiophene rings is 1. The van der Waals surface area contributed by atoms with E-state index < -0.39 is 0 Å². The minimum atomic E-state index is 0.391. The zero-order chi connectivity index (χ0) is 17.9. The maximum Gasteiger partial charge on any atom is 0.138 e. The number of hydrogen-bond acceptors (Lipinski definition) is 5. The second-order valence-corrected chi connectivity index (χ2v) is 7.45. The van der Waals surface area contributed by atoms with Crippen LogP contribution in [0.5, 0.6) is 5.75 Å². The van der Waals surface area contributed by atoms with Crippen molar-refractivity contribution in [3.05, 3.63) is 46.7 Å². The van der Waals surface area contributed by atoms with Crippen LogP contribution in [0.4, 0.5) is 5.69 Å². The molecule has 1 saturated heterocycles. The van der Waals surface area contributed by atoms with Gasteiger partial charge >= 0.3 is 0 Å². The van der Waals surface area contributed by atoms with Crippen LogP contribution in [0.25, 0.3) is 0 Å². The van der Waals surface area contributed by atoms with E-state index in [2.05, 4.69) is 39.7 Å². The van der Waals surface area contributed by atoms with E-state index in [9.17, 15) is 5.11 Å². The van der Waals surface area contributed by atoms with E-state index in [0.717, 1.165) is 44.8 Å². The van der Waals surface area contributed by atoms with E-state index in [1.54, 1.807) is 6.07 Å². The number of nitrogens with one attached hydrogen (secondary N) is 1. The molecule has 4 nitrogen and oxygen atoms in total. The molecule has 3 rings (SSSR count). The minimum absolute atomic E-state index is 0.391. The third-order valence-electron chi connectivity index (χ3n) is 4.37.